The summed E-state index contributed by atoms with van der Waals surface area (Å²) < 4.78 is 13.6. The molecule has 0 saturated carbocycles. The molecule has 2 heterocycles. The van der Waals surface area contributed by atoms with Gasteiger partial charge in [-0.05, 0) is 45.8 Å². The van der Waals surface area contributed by atoms with Gasteiger partial charge in [0.2, 0.25) is 4.96 Å². The highest BCUT2D eigenvalue weighted by atomic mass is 32.1. The van der Waals surface area contributed by atoms with Gasteiger partial charge in [-0.2, -0.15) is 9.61 Å². The van der Waals surface area contributed by atoms with Crippen molar-refractivity contribution in [3.05, 3.63) is 95.8 Å². The minimum absolute atomic E-state index is 0.286. The first-order valence-electron chi connectivity index (χ1n) is 10.2. The molecule has 2 aromatic heterocycles. The number of rotatable bonds is 6. The van der Waals surface area contributed by atoms with Gasteiger partial charge in [0.25, 0.3) is 0 Å². The smallest absolute Gasteiger partial charge is 0.234 e. The van der Waals surface area contributed by atoms with Crippen molar-refractivity contribution >= 4 is 37.8 Å². The van der Waals surface area contributed by atoms with Crippen LogP contribution in [-0.2, 0) is 13.2 Å². The van der Waals surface area contributed by atoms with Gasteiger partial charge in [-0.1, -0.05) is 72.0 Å². The first-order chi connectivity index (χ1) is 15.8. The zero-order chi connectivity index (χ0) is 21.3. The summed E-state index contributed by atoms with van der Waals surface area (Å²) >= 11 is 1.46. The number of aromatic nitrogens is 4. The maximum absolute atomic E-state index is 5.96. The van der Waals surface area contributed by atoms with Crippen LogP contribution in [0, 0.1) is 0 Å². The first-order valence-corrected chi connectivity index (χ1v) is 11.1. The monoisotopic (exact) mass is 438 g/mol. The molecule has 0 bridgehead atoms. The molecule has 0 N–H and O–H groups in total. The lowest BCUT2D eigenvalue weighted by atomic mass is 10.1. The van der Waals surface area contributed by atoms with E-state index < -0.39 is 0 Å². The second-order valence-corrected chi connectivity index (χ2v) is 8.44. The van der Waals surface area contributed by atoms with Crippen molar-refractivity contribution in [3.8, 4) is 11.5 Å². The molecule has 0 aliphatic heterocycles. The van der Waals surface area contributed by atoms with Crippen molar-refractivity contribution in [1.29, 1.82) is 0 Å². The standard InChI is InChI=1S/C25H18N4O2S/c1-3-7-19-13-21(11-9-17(19)5-1)30-15-23-26-27-25-29(23)28-24(32-25)16-31-22-12-10-18-6-2-4-8-20(18)14-22/h1-14H,15-16H2. The molecule has 0 aliphatic rings. The van der Waals surface area contributed by atoms with Crippen molar-refractivity contribution in [2.75, 3.05) is 0 Å². The van der Waals surface area contributed by atoms with E-state index in [1.165, 1.54) is 22.1 Å². The van der Waals surface area contributed by atoms with Gasteiger partial charge < -0.3 is 9.47 Å². The quantitative estimate of drug-likeness (QED) is 0.336. The van der Waals surface area contributed by atoms with E-state index in [1.54, 1.807) is 4.52 Å². The van der Waals surface area contributed by atoms with Gasteiger partial charge in [0.1, 0.15) is 24.7 Å². The number of fused-ring (bicyclic) bond motifs is 3. The van der Waals surface area contributed by atoms with Gasteiger partial charge in [-0.15, -0.1) is 10.2 Å². The summed E-state index contributed by atoms with van der Waals surface area (Å²) in [6, 6.07) is 28.5. The molecule has 0 radical (unpaired) electrons. The Morgan fingerprint density at radius 3 is 1.91 bits per heavy atom. The summed E-state index contributed by atoms with van der Waals surface area (Å²) in [6.45, 7) is 0.658. The van der Waals surface area contributed by atoms with Gasteiger partial charge in [-0.3, -0.25) is 0 Å². The Hall–Kier alpha value is -3.97. The van der Waals surface area contributed by atoms with Gasteiger partial charge >= 0.3 is 0 Å². The fraction of sp³-hybridized carbons (Fsp3) is 0.0800. The van der Waals surface area contributed by atoms with E-state index in [1.807, 2.05) is 48.5 Å². The van der Waals surface area contributed by atoms with E-state index in [2.05, 4.69) is 51.7 Å². The van der Waals surface area contributed by atoms with Crippen LogP contribution in [0.3, 0.4) is 0 Å². The molecule has 32 heavy (non-hydrogen) atoms. The Kier molecular flexibility index (Phi) is 4.66. The summed E-state index contributed by atoms with van der Waals surface area (Å²) in [5.74, 6) is 2.26. The predicted octanol–water partition coefficient (Wildman–Crippen LogP) is 5.65. The van der Waals surface area contributed by atoms with Crippen molar-refractivity contribution < 1.29 is 9.47 Å². The third-order valence-corrected chi connectivity index (χ3v) is 6.14. The van der Waals surface area contributed by atoms with Crippen molar-refractivity contribution in [3.63, 3.8) is 0 Å². The highest BCUT2D eigenvalue weighted by molar-refractivity contribution is 7.16. The topological polar surface area (TPSA) is 61.5 Å². The molecule has 6 nitrogen and oxygen atoms in total. The Morgan fingerprint density at radius 1 is 0.656 bits per heavy atom. The highest BCUT2D eigenvalue weighted by Crippen LogP contribution is 2.24. The van der Waals surface area contributed by atoms with Gasteiger partial charge in [0, 0.05) is 0 Å². The minimum Gasteiger partial charge on any atom is -0.486 e. The second kappa shape index (κ2) is 7.94. The third-order valence-electron chi connectivity index (χ3n) is 5.27. The van der Waals surface area contributed by atoms with Crippen LogP contribution in [0.4, 0.5) is 0 Å². The summed E-state index contributed by atoms with van der Waals surface area (Å²) in [4.78, 5) is 0.722. The third kappa shape index (κ3) is 3.63. The van der Waals surface area contributed by atoms with E-state index in [0.717, 1.165) is 32.2 Å². The van der Waals surface area contributed by atoms with E-state index in [4.69, 9.17) is 9.47 Å². The maximum Gasteiger partial charge on any atom is 0.234 e. The molecule has 0 saturated heterocycles. The lowest BCUT2D eigenvalue weighted by Crippen LogP contribution is -2.03. The first kappa shape index (κ1) is 18.8. The lowest BCUT2D eigenvalue weighted by molar-refractivity contribution is 0.290. The number of hydrogen-bond acceptors (Lipinski definition) is 6. The number of nitrogens with zero attached hydrogens (tertiary/aromatic N) is 4. The molecule has 156 valence electrons. The van der Waals surface area contributed by atoms with E-state index in [9.17, 15) is 0 Å². The molecular weight excluding hydrogens is 420 g/mol. The summed E-state index contributed by atoms with van der Waals surface area (Å²) in [7, 11) is 0. The van der Waals surface area contributed by atoms with Gasteiger partial charge in [0.05, 0.1) is 0 Å². The van der Waals surface area contributed by atoms with Crippen molar-refractivity contribution in [1.82, 2.24) is 19.8 Å². The van der Waals surface area contributed by atoms with Crippen LogP contribution in [0.25, 0.3) is 26.5 Å². The van der Waals surface area contributed by atoms with Crippen LogP contribution in [0.2, 0.25) is 0 Å². The normalized spacial score (nSPS) is 11.4. The summed E-state index contributed by atoms with van der Waals surface area (Å²) in [6.07, 6.45) is 0. The fourth-order valence-electron chi connectivity index (χ4n) is 3.65. The largest absolute Gasteiger partial charge is 0.486 e. The average molecular weight is 439 g/mol. The molecule has 6 aromatic rings. The van der Waals surface area contributed by atoms with E-state index in [-0.39, 0.29) is 6.61 Å². The van der Waals surface area contributed by atoms with Crippen molar-refractivity contribution in [2.45, 2.75) is 13.2 Å². The molecule has 6 rings (SSSR count). The van der Waals surface area contributed by atoms with Crippen LogP contribution in [0.15, 0.2) is 84.9 Å². The zero-order valence-corrected chi connectivity index (χ0v) is 17.8. The van der Waals surface area contributed by atoms with Gasteiger partial charge in [-0.25, -0.2) is 0 Å². The molecule has 0 unspecified atom stereocenters. The maximum atomic E-state index is 5.96. The van der Waals surface area contributed by atoms with Crippen LogP contribution in [0.5, 0.6) is 11.5 Å². The zero-order valence-electron chi connectivity index (χ0n) is 17.0. The molecule has 7 heteroatoms. The van der Waals surface area contributed by atoms with Crippen molar-refractivity contribution in [2.24, 2.45) is 0 Å². The number of ether oxygens (including phenoxy) is 2. The molecule has 0 spiro atoms. The molecule has 4 aromatic carbocycles. The van der Waals surface area contributed by atoms with E-state index in [0.29, 0.717) is 12.4 Å². The Balaban J connectivity index is 1.16. The van der Waals surface area contributed by atoms with E-state index >= 15 is 0 Å². The molecule has 0 amide bonds. The number of benzene rings is 4. The minimum atomic E-state index is 0.286. The Labute approximate surface area is 187 Å². The molecule has 0 aliphatic carbocycles. The highest BCUT2D eigenvalue weighted by Gasteiger charge is 2.13. The Morgan fingerprint density at radius 2 is 1.25 bits per heavy atom. The average Bonchev–Trinajstić information content (AvgIpc) is 3.42. The Bertz CT molecular complexity index is 1560. The van der Waals surface area contributed by atoms with Gasteiger partial charge in [0.15, 0.2) is 10.8 Å². The summed E-state index contributed by atoms with van der Waals surface area (Å²) in [5.41, 5.74) is 0. The van der Waals surface area contributed by atoms with Crippen LogP contribution in [-0.4, -0.2) is 19.8 Å². The van der Waals surface area contributed by atoms with Crippen LogP contribution in [0.1, 0.15) is 10.8 Å². The van der Waals surface area contributed by atoms with Crippen LogP contribution >= 0.6 is 11.3 Å². The molecular formula is C25H18N4O2S. The SMILES string of the molecule is c1ccc2cc(OCc3nn4c(COc5ccc6ccccc6c5)nnc4s3)ccc2c1. The molecule has 0 atom stereocenters. The second-order valence-electron chi connectivity index (χ2n) is 7.40. The predicted molar refractivity (Wildman–Crippen MR) is 125 cm³/mol. The van der Waals surface area contributed by atoms with Crippen LogP contribution < -0.4 is 9.47 Å². The fourth-order valence-corrected chi connectivity index (χ4v) is 4.42. The lowest BCUT2D eigenvalue weighted by Gasteiger charge is -2.06. The summed E-state index contributed by atoms with van der Waals surface area (Å²) in [5, 5.41) is 18.6. The molecule has 0 fully saturated rings. The number of hydrogen-bond donors (Lipinski definition) is 0.